The van der Waals surface area contributed by atoms with E-state index >= 15 is 0 Å². The van der Waals surface area contributed by atoms with Crippen LogP contribution in [0.5, 0.6) is 0 Å². The average Bonchev–Trinajstić information content (AvgIpc) is 2.69. The number of aromatic nitrogens is 3. The normalized spacial score (nSPS) is 16.1. The summed E-state index contributed by atoms with van der Waals surface area (Å²) in [6.07, 6.45) is 0.925. The van der Waals surface area contributed by atoms with Gasteiger partial charge in [0, 0.05) is 30.1 Å². The predicted molar refractivity (Wildman–Crippen MR) is 111 cm³/mol. The number of aliphatic hydroxyl groups is 1. The van der Waals surface area contributed by atoms with Crippen molar-refractivity contribution in [3.63, 3.8) is 0 Å². The van der Waals surface area contributed by atoms with Gasteiger partial charge in [0.15, 0.2) is 5.82 Å². The molecule has 1 aliphatic rings. The monoisotopic (exact) mass is 407 g/mol. The first kappa shape index (κ1) is 19.9. The summed E-state index contributed by atoms with van der Waals surface area (Å²) in [7, 11) is 0. The third-order valence-corrected chi connectivity index (χ3v) is 5.38. The standard InChI is InChI=1S/C21H22FN7O/c1-11-13(7-23)4-14(22)5-15(11)19(24)26-20-16-6-18(29-9-21(3,30)10-29)25-8-17(16)12(2)27-28-20/h4-6,8,19,30H,9-10,24H2,1-3H3,(H,26,28)/t19-/m0/s1. The third kappa shape index (κ3) is 3.51. The molecular formula is C21H22FN7O. The maximum absolute atomic E-state index is 14.0. The van der Waals surface area contributed by atoms with Gasteiger partial charge in [-0.25, -0.2) is 9.37 Å². The summed E-state index contributed by atoms with van der Waals surface area (Å²) >= 11 is 0. The minimum Gasteiger partial charge on any atom is -0.386 e. The van der Waals surface area contributed by atoms with Crippen LogP contribution in [0, 0.1) is 31.0 Å². The average molecular weight is 407 g/mol. The summed E-state index contributed by atoms with van der Waals surface area (Å²) in [6.45, 7) is 6.33. The van der Waals surface area contributed by atoms with Gasteiger partial charge in [0.05, 0.1) is 22.9 Å². The number of nitrogens with zero attached hydrogens (tertiary/aromatic N) is 5. The Morgan fingerprint density at radius 3 is 2.67 bits per heavy atom. The Hall–Kier alpha value is -3.35. The highest BCUT2D eigenvalue weighted by molar-refractivity contribution is 5.94. The molecule has 2 aromatic heterocycles. The first-order valence-electron chi connectivity index (χ1n) is 9.51. The van der Waals surface area contributed by atoms with Gasteiger partial charge in [-0.1, -0.05) is 0 Å². The molecule has 1 saturated heterocycles. The van der Waals surface area contributed by atoms with Crippen LogP contribution in [0.3, 0.4) is 0 Å². The lowest BCUT2D eigenvalue weighted by molar-refractivity contribution is 0.0305. The molecule has 3 aromatic rings. The molecule has 3 heterocycles. The first-order valence-corrected chi connectivity index (χ1v) is 9.51. The van der Waals surface area contributed by atoms with Gasteiger partial charge in [-0.05, 0) is 50.1 Å². The molecule has 9 heteroatoms. The van der Waals surface area contributed by atoms with Crippen LogP contribution in [-0.4, -0.2) is 39.0 Å². The predicted octanol–water partition coefficient (Wildman–Crippen LogP) is 2.29. The fraction of sp³-hybridized carbons (Fsp3) is 0.333. The van der Waals surface area contributed by atoms with Gasteiger partial charge >= 0.3 is 0 Å². The first-order chi connectivity index (χ1) is 14.2. The van der Waals surface area contributed by atoms with E-state index in [1.807, 2.05) is 24.0 Å². The summed E-state index contributed by atoms with van der Waals surface area (Å²) in [4.78, 5) is 6.45. The summed E-state index contributed by atoms with van der Waals surface area (Å²) in [5, 5.41) is 32.3. The molecular weight excluding hydrogens is 385 g/mol. The third-order valence-electron chi connectivity index (χ3n) is 5.38. The SMILES string of the molecule is Cc1c(C#N)cc(F)cc1[C@@H](N)Nc1nnc(C)c2cnc(N3CC(C)(O)C3)cc12. The van der Waals surface area contributed by atoms with E-state index in [-0.39, 0.29) is 5.56 Å². The van der Waals surface area contributed by atoms with Gasteiger partial charge in [-0.15, -0.1) is 5.10 Å². The number of rotatable bonds is 4. The molecule has 0 aliphatic carbocycles. The molecule has 1 aromatic carbocycles. The lowest BCUT2D eigenvalue weighted by atomic mass is 9.97. The molecule has 1 fully saturated rings. The number of hydrogen-bond donors (Lipinski definition) is 3. The van der Waals surface area contributed by atoms with E-state index in [1.165, 1.54) is 12.1 Å². The van der Waals surface area contributed by atoms with Crippen molar-refractivity contribution in [3.8, 4) is 6.07 Å². The van der Waals surface area contributed by atoms with Crippen molar-refractivity contribution >= 4 is 22.4 Å². The zero-order valence-electron chi connectivity index (χ0n) is 16.9. The van der Waals surface area contributed by atoms with Crippen LogP contribution in [0.25, 0.3) is 10.8 Å². The molecule has 0 saturated carbocycles. The van der Waals surface area contributed by atoms with Crippen LogP contribution in [0.15, 0.2) is 24.4 Å². The highest BCUT2D eigenvalue weighted by Crippen LogP contribution is 2.32. The van der Waals surface area contributed by atoms with Crippen molar-refractivity contribution in [1.29, 1.82) is 5.26 Å². The number of anilines is 2. The number of β-amino-alcohol motifs (C(OH)–C–C–N with tert-alkyl or cyclic N) is 1. The van der Waals surface area contributed by atoms with Crippen LogP contribution in [0.4, 0.5) is 16.0 Å². The molecule has 8 nitrogen and oxygen atoms in total. The molecule has 1 aliphatic heterocycles. The largest absolute Gasteiger partial charge is 0.386 e. The van der Waals surface area contributed by atoms with Crippen LogP contribution < -0.4 is 16.0 Å². The Balaban J connectivity index is 1.71. The number of fused-ring (bicyclic) bond motifs is 1. The second-order valence-electron chi connectivity index (χ2n) is 7.98. The number of benzene rings is 1. The second kappa shape index (κ2) is 7.16. The van der Waals surface area contributed by atoms with Gasteiger partial charge in [-0.3, -0.25) is 0 Å². The second-order valence-corrected chi connectivity index (χ2v) is 7.98. The minimum absolute atomic E-state index is 0.235. The summed E-state index contributed by atoms with van der Waals surface area (Å²) in [5.41, 5.74) is 7.61. The number of aryl methyl sites for hydroxylation is 1. The van der Waals surface area contributed by atoms with Gasteiger partial charge < -0.3 is 21.1 Å². The van der Waals surface area contributed by atoms with Crippen molar-refractivity contribution in [1.82, 2.24) is 15.2 Å². The van der Waals surface area contributed by atoms with Crippen LogP contribution >= 0.6 is 0 Å². The van der Waals surface area contributed by atoms with Crippen molar-refractivity contribution in [2.45, 2.75) is 32.5 Å². The summed E-state index contributed by atoms with van der Waals surface area (Å²) in [6, 6.07) is 6.36. The maximum Gasteiger partial charge on any atom is 0.158 e. The van der Waals surface area contributed by atoms with E-state index in [2.05, 4.69) is 20.5 Å². The number of pyridine rings is 1. The van der Waals surface area contributed by atoms with Crippen molar-refractivity contribution in [2.75, 3.05) is 23.3 Å². The number of hydrogen-bond acceptors (Lipinski definition) is 8. The van der Waals surface area contributed by atoms with Crippen LogP contribution in [0.2, 0.25) is 0 Å². The molecule has 4 N–H and O–H groups in total. The zero-order valence-corrected chi connectivity index (χ0v) is 16.9. The lowest BCUT2D eigenvalue weighted by Gasteiger charge is -2.45. The Labute approximate surface area is 173 Å². The van der Waals surface area contributed by atoms with E-state index in [1.54, 1.807) is 20.0 Å². The van der Waals surface area contributed by atoms with Gasteiger partial charge in [0.25, 0.3) is 0 Å². The molecule has 4 rings (SSSR count). The quantitative estimate of drug-likeness (QED) is 0.563. The Kier molecular flexibility index (Phi) is 4.76. The number of nitrogens with two attached hydrogens (primary N) is 1. The molecule has 0 spiro atoms. The van der Waals surface area contributed by atoms with Gasteiger partial charge in [-0.2, -0.15) is 10.4 Å². The van der Waals surface area contributed by atoms with Crippen LogP contribution in [-0.2, 0) is 0 Å². The van der Waals surface area contributed by atoms with E-state index in [0.29, 0.717) is 41.5 Å². The Morgan fingerprint density at radius 1 is 1.27 bits per heavy atom. The van der Waals surface area contributed by atoms with Gasteiger partial charge in [0.1, 0.15) is 17.8 Å². The Morgan fingerprint density at radius 2 is 2.00 bits per heavy atom. The molecule has 0 bridgehead atoms. The molecule has 154 valence electrons. The number of halogens is 1. The van der Waals surface area contributed by atoms with Crippen molar-refractivity contribution in [2.24, 2.45) is 5.73 Å². The van der Waals surface area contributed by atoms with E-state index in [0.717, 1.165) is 10.8 Å². The lowest BCUT2D eigenvalue weighted by Crippen LogP contribution is -2.60. The fourth-order valence-electron chi connectivity index (χ4n) is 3.74. The summed E-state index contributed by atoms with van der Waals surface area (Å²) in [5.74, 6) is 0.619. The van der Waals surface area contributed by atoms with Gasteiger partial charge in [0.2, 0.25) is 0 Å². The van der Waals surface area contributed by atoms with Crippen molar-refractivity contribution in [3.05, 3.63) is 52.6 Å². The molecule has 0 amide bonds. The highest BCUT2D eigenvalue weighted by atomic mass is 19.1. The van der Waals surface area contributed by atoms with Crippen LogP contribution in [0.1, 0.15) is 35.5 Å². The topological polar surface area (TPSA) is 124 Å². The maximum atomic E-state index is 14.0. The molecule has 1 atom stereocenters. The van der Waals surface area contributed by atoms with E-state index in [9.17, 15) is 14.8 Å². The fourth-order valence-corrected chi connectivity index (χ4v) is 3.74. The Bertz CT molecular complexity index is 1180. The molecule has 0 radical (unpaired) electrons. The molecule has 30 heavy (non-hydrogen) atoms. The minimum atomic E-state index is -0.797. The number of nitriles is 1. The van der Waals surface area contributed by atoms with Crippen molar-refractivity contribution < 1.29 is 9.50 Å². The highest BCUT2D eigenvalue weighted by Gasteiger charge is 2.37. The zero-order chi connectivity index (χ0) is 21.6. The number of nitrogens with one attached hydrogen (secondary N) is 1. The summed E-state index contributed by atoms with van der Waals surface area (Å²) < 4.78 is 14.0. The molecule has 0 unspecified atom stereocenters. The smallest absolute Gasteiger partial charge is 0.158 e. The van der Waals surface area contributed by atoms with E-state index in [4.69, 9.17) is 5.73 Å². The van der Waals surface area contributed by atoms with E-state index < -0.39 is 17.6 Å².